The smallest absolute Gasteiger partial charge is 0.234 e. The molecule has 8 nitrogen and oxygen atoms in total. The number of H-pyrrole nitrogens is 1. The van der Waals surface area contributed by atoms with Gasteiger partial charge in [0.05, 0.1) is 6.54 Å². The van der Waals surface area contributed by atoms with E-state index < -0.39 is 0 Å². The molecule has 3 aromatic rings. The largest absolute Gasteiger partial charge is 0.454 e. The van der Waals surface area contributed by atoms with Crippen molar-refractivity contribution in [2.75, 3.05) is 38.3 Å². The summed E-state index contributed by atoms with van der Waals surface area (Å²) in [6.07, 6.45) is 4.27. The van der Waals surface area contributed by atoms with Gasteiger partial charge in [-0.2, -0.15) is 0 Å². The summed E-state index contributed by atoms with van der Waals surface area (Å²) in [6, 6.07) is 13.6. The normalized spacial score (nSPS) is 16.1. The lowest BCUT2D eigenvalue weighted by atomic mass is 9.95. The molecular formula is C25H28N4O4. The Kier molecular flexibility index (Phi) is 6.17. The van der Waals surface area contributed by atoms with Crippen molar-refractivity contribution in [2.45, 2.75) is 19.3 Å². The molecule has 0 saturated carbocycles. The quantitative estimate of drug-likeness (QED) is 0.517. The molecule has 2 aromatic carbocycles. The number of hydrogen-bond donors (Lipinski definition) is 3. The molecule has 1 saturated heterocycles. The number of aromatic nitrogens is 1. The maximum atomic E-state index is 12.7. The van der Waals surface area contributed by atoms with Gasteiger partial charge in [-0.1, -0.05) is 18.2 Å². The molecule has 0 aliphatic carbocycles. The lowest BCUT2D eigenvalue weighted by Gasteiger charge is -2.30. The third kappa shape index (κ3) is 4.96. The maximum absolute atomic E-state index is 12.7. The highest BCUT2D eigenvalue weighted by Crippen LogP contribution is 2.34. The Morgan fingerprint density at radius 2 is 1.88 bits per heavy atom. The number of likely N-dealkylation sites (tertiary alicyclic amines) is 1. The summed E-state index contributed by atoms with van der Waals surface area (Å²) in [6.45, 7) is 2.64. The molecule has 8 heteroatoms. The van der Waals surface area contributed by atoms with Crippen molar-refractivity contribution in [3.05, 3.63) is 54.2 Å². The summed E-state index contributed by atoms with van der Waals surface area (Å²) in [4.78, 5) is 30.4. The van der Waals surface area contributed by atoms with E-state index in [1.165, 1.54) is 10.9 Å². The Balaban J connectivity index is 1.03. The summed E-state index contributed by atoms with van der Waals surface area (Å²) in [5.41, 5.74) is 3.03. The molecule has 5 rings (SSSR count). The summed E-state index contributed by atoms with van der Waals surface area (Å²) in [5.74, 6) is 1.32. The number of carbonyl (C=O) groups is 2. The van der Waals surface area contributed by atoms with Crippen molar-refractivity contribution in [3.8, 4) is 11.5 Å². The number of anilines is 1. The molecule has 0 bridgehead atoms. The molecule has 3 N–H and O–H groups in total. The zero-order valence-corrected chi connectivity index (χ0v) is 18.4. The van der Waals surface area contributed by atoms with E-state index in [2.05, 4.69) is 32.7 Å². The van der Waals surface area contributed by atoms with Crippen molar-refractivity contribution in [3.63, 3.8) is 0 Å². The molecule has 0 unspecified atom stereocenters. The van der Waals surface area contributed by atoms with Crippen LogP contribution >= 0.6 is 0 Å². The molecule has 2 aliphatic heterocycles. The van der Waals surface area contributed by atoms with Gasteiger partial charge in [-0.05, 0) is 56.1 Å². The van der Waals surface area contributed by atoms with Gasteiger partial charge in [-0.15, -0.1) is 0 Å². The summed E-state index contributed by atoms with van der Waals surface area (Å²) in [7, 11) is 0. The first-order valence-electron chi connectivity index (χ1n) is 11.4. The highest BCUT2D eigenvalue weighted by molar-refractivity contribution is 5.93. The number of ether oxygens (including phenoxy) is 2. The van der Waals surface area contributed by atoms with Crippen LogP contribution in [0.4, 0.5) is 5.69 Å². The molecule has 3 heterocycles. The lowest BCUT2D eigenvalue weighted by molar-refractivity contribution is -0.123. The van der Waals surface area contributed by atoms with Gasteiger partial charge in [0.25, 0.3) is 0 Å². The number of aromatic amines is 1. The van der Waals surface area contributed by atoms with Gasteiger partial charge in [-0.3, -0.25) is 14.5 Å². The van der Waals surface area contributed by atoms with Crippen LogP contribution in [-0.4, -0.2) is 54.7 Å². The van der Waals surface area contributed by atoms with Crippen LogP contribution in [0.3, 0.4) is 0 Å². The monoisotopic (exact) mass is 448 g/mol. The van der Waals surface area contributed by atoms with Crippen molar-refractivity contribution in [1.82, 2.24) is 15.2 Å². The van der Waals surface area contributed by atoms with E-state index >= 15 is 0 Å². The van der Waals surface area contributed by atoms with Gasteiger partial charge in [0.2, 0.25) is 18.6 Å². The van der Waals surface area contributed by atoms with Gasteiger partial charge >= 0.3 is 0 Å². The number of amides is 2. The van der Waals surface area contributed by atoms with Gasteiger partial charge in [0, 0.05) is 41.3 Å². The number of fused-ring (bicyclic) bond motifs is 2. The van der Waals surface area contributed by atoms with Crippen LogP contribution in [0.2, 0.25) is 0 Å². The van der Waals surface area contributed by atoms with Gasteiger partial charge in [-0.25, -0.2) is 0 Å². The minimum Gasteiger partial charge on any atom is -0.454 e. The van der Waals surface area contributed by atoms with E-state index in [1.807, 2.05) is 24.4 Å². The first-order valence-corrected chi connectivity index (χ1v) is 11.4. The third-order valence-corrected chi connectivity index (χ3v) is 6.36. The summed E-state index contributed by atoms with van der Waals surface area (Å²) >= 11 is 0. The van der Waals surface area contributed by atoms with Crippen molar-refractivity contribution >= 4 is 28.4 Å². The Bertz CT molecular complexity index is 1150. The van der Waals surface area contributed by atoms with E-state index in [-0.39, 0.29) is 24.5 Å². The fraction of sp³-hybridized carbons (Fsp3) is 0.360. The van der Waals surface area contributed by atoms with Crippen LogP contribution in [0.25, 0.3) is 10.9 Å². The van der Waals surface area contributed by atoms with Crippen LogP contribution < -0.4 is 20.1 Å². The predicted octanol–water partition coefficient (Wildman–Crippen LogP) is 2.91. The molecule has 1 fully saturated rings. The number of nitrogens with zero attached hydrogens (tertiary/aromatic N) is 1. The zero-order chi connectivity index (χ0) is 22.6. The molecule has 0 radical (unpaired) electrons. The SMILES string of the molecule is O=C(CN1CCC(C(=O)Nc2ccc3c(c2)OCO3)CC1)NCCc1c[nH]c2ccccc12. The van der Waals surface area contributed by atoms with Gasteiger partial charge in [0.1, 0.15) is 0 Å². The van der Waals surface area contributed by atoms with E-state index in [4.69, 9.17) is 9.47 Å². The van der Waals surface area contributed by atoms with Crippen molar-refractivity contribution < 1.29 is 19.1 Å². The van der Waals surface area contributed by atoms with Crippen LogP contribution in [-0.2, 0) is 16.0 Å². The number of benzene rings is 2. The summed E-state index contributed by atoms with van der Waals surface area (Å²) < 4.78 is 10.7. The Morgan fingerprint density at radius 1 is 1.06 bits per heavy atom. The average Bonchev–Trinajstić information content (AvgIpc) is 3.46. The Labute approximate surface area is 192 Å². The van der Waals surface area contributed by atoms with Crippen molar-refractivity contribution in [1.29, 1.82) is 0 Å². The molecule has 172 valence electrons. The van der Waals surface area contributed by atoms with E-state index in [0.29, 0.717) is 30.3 Å². The summed E-state index contributed by atoms with van der Waals surface area (Å²) in [5, 5.41) is 7.20. The topological polar surface area (TPSA) is 95.7 Å². The van der Waals surface area contributed by atoms with Crippen molar-refractivity contribution in [2.24, 2.45) is 5.92 Å². The predicted molar refractivity (Wildman–Crippen MR) is 125 cm³/mol. The second kappa shape index (κ2) is 9.54. The van der Waals surface area contributed by atoms with E-state index in [9.17, 15) is 9.59 Å². The Hall–Kier alpha value is -3.52. The van der Waals surface area contributed by atoms with E-state index in [0.717, 1.165) is 37.9 Å². The van der Waals surface area contributed by atoms with Gasteiger partial charge in [0.15, 0.2) is 11.5 Å². The van der Waals surface area contributed by atoms with Crippen LogP contribution in [0, 0.1) is 5.92 Å². The fourth-order valence-corrected chi connectivity index (χ4v) is 4.51. The number of rotatable bonds is 7. The maximum Gasteiger partial charge on any atom is 0.234 e. The molecule has 2 aliphatic rings. The molecule has 33 heavy (non-hydrogen) atoms. The fourth-order valence-electron chi connectivity index (χ4n) is 4.51. The molecule has 1 aromatic heterocycles. The molecular weight excluding hydrogens is 420 g/mol. The molecule has 0 spiro atoms. The first kappa shape index (κ1) is 21.3. The number of hydrogen-bond acceptors (Lipinski definition) is 5. The minimum atomic E-state index is -0.0587. The average molecular weight is 449 g/mol. The second-order valence-corrected chi connectivity index (χ2v) is 8.57. The molecule has 2 amide bonds. The number of piperidine rings is 1. The highest BCUT2D eigenvalue weighted by atomic mass is 16.7. The highest BCUT2D eigenvalue weighted by Gasteiger charge is 2.26. The van der Waals surface area contributed by atoms with Crippen LogP contribution in [0.1, 0.15) is 18.4 Å². The number of nitrogens with one attached hydrogen (secondary N) is 3. The number of carbonyl (C=O) groups excluding carboxylic acids is 2. The van der Waals surface area contributed by atoms with Crippen LogP contribution in [0.5, 0.6) is 11.5 Å². The standard InChI is InChI=1S/C25H28N4O4/c30-24(26-10-7-18-14-27-21-4-2-1-3-20(18)21)15-29-11-8-17(9-12-29)25(31)28-19-5-6-22-23(13-19)33-16-32-22/h1-6,13-14,17,27H,7-12,15-16H2,(H,26,30)(H,28,31). The van der Waals surface area contributed by atoms with Crippen LogP contribution in [0.15, 0.2) is 48.7 Å². The molecule has 0 atom stereocenters. The zero-order valence-electron chi connectivity index (χ0n) is 18.4. The Morgan fingerprint density at radius 3 is 2.76 bits per heavy atom. The first-order chi connectivity index (χ1) is 16.2. The van der Waals surface area contributed by atoms with E-state index in [1.54, 1.807) is 12.1 Å². The second-order valence-electron chi connectivity index (χ2n) is 8.57. The number of para-hydroxylation sites is 1. The lowest BCUT2D eigenvalue weighted by Crippen LogP contribution is -2.43. The van der Waals surface area contributed by atoms with Gasteiger partial charge < -0.3 is 25.1 Å². The third-order valence-electron chi connectivity index (χ3n) is 6.36. The minimum absolute atomic E-state index is 0.0108.